The molecule has 24 heavy (non-hydrogen) atoms. The second-order valence-corrected chi connectivity index (χ2v) is 6.00. The molecule has 1 fully saturated rings. The van der Waals surface area contributed by atoms with Crippen LogP contribution < -0.4 is 0 Å². The molecule has 0 saturated heterocycles. The Balaban J connectivity index is 1.61. The van der Waals surface area contributed by atoms with Crippen molar-refractivity contribution in [2.45, 2.75) is 25.5 Å². The van der Waals surface area contributed by atoms with Gasteiger partial charge >= 0.3 is 5.97 Å². The van der Waals surface area contributed by atoms with Gasteiger partial charge in [-0.1, -0.05) is 30.3 Å². The summed E-state index contributed by atoms with van der Waals surface area (Å²) in [5.41, 5.74) is 1.82. The van der Waals surface area contributed by atoms with E-state index in [-0.39, 0.29) is 24.5 Å². The topological polar surface area (TPSA) is 63.7 Å². The van der Waals surface area contributed by atoms with E-state index in [1.165, 1.54) is 4.90 Å². The maximum Gasteiger partial charge on any atom is 0.338 e. The zero-order chi connectivity index (χ0) is 16.7. The molecule has 1 aliphatic carbocycles. The lowest BCUT2D eigenvalue weighted by Gasteiger charge is -2.16. The number of fused-ring (bicyclic) bond motifs is 1. The van der Waals surface area contributed by atoms with Crippen LogP contribution in [0.1, 0.15) is 49.5 Å². The molecule has 2 aromatic carbocycles. The van der Waals surface area contributed by atoms with Crippen LogP contribution in [0.3, 0.4) is 0 Å². The molecule has 1 heterocycles. The van der Waals surface area contributed by atoms with E-state index in [1.54, 1.807) is 48.5 Å². The molecule has 1 aliphatic heterocycles. The Morgan fingerprint density at radius 1 is 0.958 bits per heavy atom. The number of hydrogen-bond donors (Lipinski definition) is 0. The van der Waals surface area contributed by atoms with Crippen LogP contribution >= 0.6 is 0 Å². The smallest absolute Gasteiger partial charge is 0.338 e. The number of nitrogens with zero attached hydrogens (tertiary/aromatic N) is 1. The third kappa shape index (κ3) is 2.48. The zero-order valence-corrected chi connectivity index (χ0v) is 12.9. The quantitative estimate of drug-likeness (QED) is 0.642. The van der Waals surface area contributed by atoms with Crippen LogP contribution in [-0.2, 0) is 11.3 Å². The van der Waals surface area contributed by atoms with Crippen molar-refractivity contribution >= 4 is 17.8 Å². The van der Waals surface area contributed by atoms with Gasteiger partial charge in [0.15, 0.2) is 0 Å². The van der Waals surface area contributed by atoms with Crippen molar-refractivity contribution in [3.05, 3.63) is 70.8 Å². The third-order valence-electron chi connectivity index (χ3n) is 4.24. The number of hydrogen-bond acceptors (Lipinski definition) is 4. The molecule has 2 amide bonds. The highest BCUT2D eigenvalue weighted by Gasteiger charge is 2.36. The van der Waals surface area contributed by atoms with Gasteiger partial charge in [0.05, 0.1) is 23.2 Å². The minimum atomic E-state index is -0.398. The van der Waals surface area contributed by atoms with Gasteiger partial charge in [0.1, 0.15) is 6.10 Å². The molecule has 0 unspecified atom stereocenters. The molecule has 2 aromatic rings. The molecule has 120 valence electrons. The summed E-state index contributed by atoms with van der Waals surface area (Å²) >= 11 is 0. The van der Waals surface area contributed by atoms with Crippen LogP contribution in [0, 0.1) is 0 Å². The maximum absolute atomic E-state index is 12.5. The molecule has 0 bridgehead atoms. The average Bonchev–Trinajstić information content (AvgIpc) is 3.39. The number of esters is 1. The first-order chi connectivity index (χ1) is 11.6. The first-order valence-corrected chi connectivity index (χ1v) is 7.89. The molecule has 5 heteroatoms. The van der Waals surface area contributed by atoms with Gasteiger partial charge in [-0.2, -0.15) is 0 Å². The van der Waals surface area contributed by atoms with E-state index < -0.39 is 5.97 Å². The summed E-state index contributed by atoms with van der Waals surface area (Å²) < 4.78 is 5.34. The Morgan fingerprint density at radius 3 is 2.17 bits per heavy atom. The van der Waals surface area contributed by atoms with Crippen molar-refractivity contribution < 1.29 is 19.1 Å². The van der Waals surface area contributed by atoms with Gasteiger partial charge in [0, 0.05) is 0 Å². The molecule has 1 saturated carbocycles. The maximum atomic E-state index is 12.5. The summed E-state index contributed by atoms with van der Waals surface area (Å²) in [5.74, 6) is -1.06. The lowest BCUT2D eigenvalue weighted by atomic mass is 10.1. The number of imide groups is 1. The van der Waals surface area contributed by atoms with Gasteiger partial charge in [-0.05, 0) is 36.6 Å². The average molecular weight is 321 g/mol. The van der Waals surface area contributed by atoms with E-state index in [4.69, 9.17) is 4.74 Å². The Hall–Kier alpha value is -2.95. The predicted octanol–water partition coefficient (Wildman–Crippen LogP) is 2.80. The molecular formula is C19H15NO4. The van der Waals surface area contributed by atoms with E-state index in [9.17, 15) is 14.4 Å². The van der Waals surface area contributed by atoms with Gasteiger partial charge < -0.3 is 4.74 Å². The van der Waals surface area contributed by atoms with Crippen molar-refractivity contribution in [3.63, 3.8) is 0 Å². The largest absolute Gasteiger partial charge is 0.459 e. The van der Waals surface area contributed by atoms with E-state index in [2.05, 4.69) is 0 Å². The van der Waals surface area contributed by atoms with Crippen LogP contribution in [0.25, 0.3) is 0 Å². The number of carbonyl (C=O) groups excluding carboxylic acids is 3. The van der Waals surface area contributed by atoms with Gasteiger partial charge in [-0.15, -0.1) is 0 Å². The van der Waals surface area contributed by atoms with Crippen LogP contribution in [0.2, 0.25) is 0 Å². The van der Waals surface area contributed by atoms with Gasteiger partial charge in [-0.3, -0.25) is 14.5 Å². The van der Waals surface area contributed by atoms with Crippen molar-refractivity contribution in [1.29, 1.82) is 0 Å². The van der Waals surface area contributed by atoms with E-state index >= 15 is 0 Å². The van der Waals surface area contributed by atoms with Crippen molar-refractivity contribution in [3.8, 4) is 0 Å². The van der Waals surface area contributed by atoms with Crippen molar-refractivity contribution in [1.82, 2.24) is 4.90 Å². The Kier molecular flexibility index (Phi) is 3.41. The SMILES string of the molecule is O=C(OC1CC1)c1ccccc1CN1C(=O)c2ccccc2C1=O. The Labute approximate surface area is 138 Å². The summed E-state index contributed by atoms with van der Waals surface area (Å²) in [7, 11) is 0. The number of benzene rings is 2. The molecule has 5 nitrogen and oxygen atoms in total. The van der Waals surface area contributed by atoms with E-state index in [1.807, 2.05) is 0 Å². The number of carbonyl (C=O) groups is 3. The second-order valence-electron chi connectivity index (χ2n) is 6.00. The van der Waals surface area contributed by atoms with Crippen molar-refractivity contribution in [2.24, 2.45) is 0 Å². The predicted molar refractivity (Wildman–Crippen MR) is 85.5 cm³/mol. The highest BCUT2D eigenvalue weighted by Crippen LogP contribution is 2.27. The first kappa shape index (κ1) is 14.6. The van der Waals surface area contributed by atoms with Crippen LogP contribution in [0.5, 0.6) is 0 Å². The number of amides is 2. The van der Waals surface area contributed by atoms with Gasteiger partial charge in [0.25, 0.3) is 11.8 Å². The monoisotopic (exact) mass is 321 g/mol. The number of rotatable bonds is 4. The summed E-state index contributed by atoms with van der Waals surface area (Å²) in [6.45, 7) is 0.0578. The molecule has 4 rings (SSSR count). The lowest BCUT2D eigenvalue weighted by Crippen LogP contribution is -2.30. The molecule has 0 aromatic heterocycles. The Morgan fingerprint density at radius 2 is 1.54 bits per heavy atom. The molecule has 0 spiro atoms. The highest BCUT2D eigenvalue weighted by molar-refractivity contribution is 6.21. The fourth-order valence-corrected chi connectivity index (χ4v) is 2.81. The van der Waals surface area contributed by atoms with E-state index in [0.29, 0.717) is 22.3 Å². The summed E-state index contributed by atoms with van der Waals surface area (Å²) in [5, 5.41) is 0. The molecular weight excluding hydrogens is 306 g/mol. The summed E-state index contributed by atoms with van der Waals surface area (Å²) in [6, 6.07) is 13.7. The second kappa shape index (κ2) is 5.60. The normalized spacial score (nSPS) is 16.2. The Bertz CT molecular complexity index is 819. The number of ether oxygens (including phenoxy) is 1. The minimum absolute atomic E-state index is 0.00450. The molecule has 2 aliphatic rings. The fourth-order valence-electron chi connectivity index (χ4n) is 2.81. The minimum Gasteiger partial charge on any atom is -0.459 e. The van der Waals surface area contributed by atoms with Gasteiger partial charge in [-0.25, -0.2) is 4.79 Å². The highest BCUT2D eigenvalue weighted by atomic mass is 16.5. The van der Waals surface area contributed by atoms with E-state index in [0.717, 1.165) is 12.8 Å². The molecule has 0 radical (unpaired) electrons. The van der Waals surface area contributed by atoms with Crippen molar-refractivity contribution in [2.75, 3.05) is 0 Å². The fraction of sp³-hybridized carbons (Fsp3) is 0.211. The van der Waals surface area contributed by atoms with Crippen LogP contribution in [-0.4, -0.2) is 28.8 Å². The zero-order valence-electron chi connectivity index (χ0n) is 12.9. The third-order valence-corrected chi connectivity index (χ3v) is 4.24. The van der Waals surface area contributed by atoms with Gasteiger partial charge in [0.2, 0.25) is 0 Å². The standard InChI is InChI=1S/C19H15NO4/c21-17-15-7-3-4-8-16(15)18(22)20(17)11-12-5-1-2-6-14(12)19(23)24-13-9-10-13/h1-8,13H,9-11H2. The van der Waals surface area contributed by atoms with Crippen LogP contribution in [0.15, 0.2) is 48.5 Å². The molecule has 0 atom stereocenters. The van der Waals surface area contributed by atoms with Crippen LogP contribution in [0.4, 0.5) is 0 Å². The first-order valence-electron chi connectivity index (χ1n) is 7.89. The lowest BCUT2D eigenvalue weighted by molar-refractivity contribution is 0.0465. The summed E-state index contributed by atoms with van der Waals surface area (Å²) in [6.07, 6.45) is 1.79. The summed E-state index contributed by atoms with van der Waals surface area (Å²) in [4.78, 5) is 38.4. The molecule has 0 N–H and O–H groups in total.